The molecule has 2 N–H and O–H groups in total. The highest BCUT2D eigenvalue weighted by molar-refractivity contribution is 5.80. The third-order valence-corrected chi connectivity index (χ3v) is 2.36. The summed E-state index contributed by atoms with van der Waals surface area (Å²) in [7, 11) is 0. The topological polar surface area (TPSA) is 41.1 Å². The molecule has 13 heavy (non-hydrogen) atoms. The molecule has 72 valence electrons. The minimum Gasteiger partial charge on any atom is -0.352 e. The van der Waals surface area contributed by atoms with Crippen molar-refractivity contribution in [1.29, 1.82) is 0 Å². The van der Waals surface area contributed by atoms with Gasteiger partial charge in [0.05, 0.1) is 5.92 Å². The van der Waals surface area contributed by atoms with Crippen molar-refractivity contribution in [3.05, 3.63) is 0 Å². The van der Waals surface area contributed by atoms with Gasteiger partial charge in [-0.15, -0.1) is 12.3 Å². The maximum absolute atomic E-state index is 11.4. The van der Waals surface area contributed by atoms with Gasteiger partial charge in [0.15, 0.2) is 0 Å². The lowest BCUT2D eigenvalue weighted by Gasteiger charge is -2.27. The molecule has 1 aliphatic heterocycles. The van der Waals surface area contributed by atoms with Crippen molar-refractivity contribution in [2.75, 3.05) is 13.1 Å². The molecule has 0 aromatic heterocycles. The Morgan fingerprint density at radius 1 is 1.77 bits per heavy atom. The molecule has 0 spiro atoms. The molecule has 1 atom stereocenters. The maximum atomic E-state index is 11.4. The monoisotopic (exact) mass is 180 g/mol. The zero-order chi connectivity index (χ0) is 9.68. The lowest BCUT2D eigenvalue weighted by molar-refractivity contribution is -0.127. The van der Waals surface area contributed by atoms with Gasteiger partial charge in [-0.2, -0.15) is 0 Å². The fourth-order valence-electron chi connectivity index (χ4n) is 1.23. The van der Waals surface area contributed by atoms with Crippen LogP contribution in [-0.2, 0) is 4.79 Å². The highest BCUT2D eigenvalue weighted by Gasteiger charge is 2.25. The van der Waals surface area contributed by atoms with Gasteiger partial charge < -0.3 is 10.6 Å². The predicted molar refractivity (Wildman–Crippen MR) is 52.0 cm³/mol. The Balaban J connectivity index is 2.28. The zero-order valence-corrected chi connectivity index (χ0v) is 7.97. The Morgan fingerprint density at radius 3 is 2.85 bits per heavy atom. The van der Waals surface area contributed by atoms with Crippen molar-refractivity contribution < 1.29 is 4.79 Å². The molecule has 1 saturated heterocycles. The van der Waals surface area contributed by atoms with E-state index in [1.165, 1.54) is 0 Å². The van der Waals surface area contributed by atoms with E-state index in [0.717, 1.165) is 19.5 Å². The summed E-state index contributed by atoms with van der Waals surface area (Å²) in [6, 6.07) is 0.151. The molecule has 1 heterocycles. The van der Waals surface area contributed by atoms with Crippen molar-refractivity contribution in [3.8, 4) is 12.3 Å². The van der Waals surface area contributed by atoms with Gasteiger partial charge in [0, 0.05) is 25.6 Å². The van der Waals surface area contributed by atoms with Crippen LogP contribution in [0.25, 0.3) is 0 Å². The molecule has 1 amide bonds. The minimum atomic E-state index is 0.140. The van der Waals surface area contributed by atoms with Crippen LogP contribution in [0.1, 0.15) is 19.8 Å². The standard InChI is InChI=1S/C10H16N2O/c1-3-5-9(4-2)12-10(13)8-6-11-7-8/h1,8-9,11H,4-7H2,2H3,(H,12,13). The molecule has 0 aliphatic carbocycles. The summed E-state index contributed by atoms with van der Waals surface area (Å²) >= 11 is 0. The summed E-state index contributed by atoms with van der Waals surface area (Å²) in [6.45, 7) is 3.64. The average molecular weight is 180 g/mol. The molecule has 0 saturated carbocycles. The molecular weight excluding hydrogens is 164 g/mol. The van der Waals surface area contributed by atoms with E-state index in [-0.39, 0.29) is 17.9 Å². The Morgan fingerprint density at radius 2 is 2.46 bits per heavy atom. The molecule has 3 heteroatoms. The van der Waals surface area contributed by atoms with Crippen LogP contribution in [0.4, 0.5) is 0 Å². The molecule has 0 radical (unpaired) electrons. The second-order valence-corrected chi connectivity index (χ2v) is 3.38. The van der Waals surface area contributed by atoms with E-state index in [2.05, 4.69) is 16.6 Å². The van der Waals surface area contributed by atoms with Crippen molar-refractivity contribution in [3.63, 3.8) is 0 Å². The van der Waals surface area contributed by atoms with Gasteiger partial charge in [0.25, 0.3) is 0 Å². The SMILES string of the molecule is C#CCC(CC)NC(=O)C1CNC1. The van der Waals surface area contributed by atoms with Crippen molar-refractivity contribution in [2.24, 2.45) is 5.92 Å². The van der Waals surface area contributed by atoms with Crippen LogP contribution >= 0.6 is 0 Å². The van der Waals surface area contributed by atoms with Crippen LogP contribution in [0.15, 0.2) is 0 Å². The van der Waals surface area contributed by atoms with Gasteiger partial charge in [-0.05, 0) is 6.42 Å². The van der Waals surface area contributed by atoms with Gasteiger partial charge in [-0.3, -0.25) is 4.79 Å². The number of hydrogen-bond acceptors (Lipinski definition) is 2. The number of rotatable bonds is 4. The Bertz CT molecular complexity index is 215. The summed E-state index contributed by atoms with van der Waals surface area (Å²) in [6.07, 6.45) is 6.72. The summed E-state index contributed by atoms with van der Waals surface area (Å²) in [5, 5.41) is 6.01. The van der Waals surface area contributed by atoms with Crippen LogP contribution in [0.2, 0.25) is 0 Å². The largest absolute Gasteiger partial charge is 0.352 e. The second kappa shape index (κ2) is 4.88. The van der Waals surface area contributed by atoms with Gasteiger partial charge >= 0.3 is 0 Å². The first-order chi connectivity index (χ1) is 6.27. The quantitative estimate of drug-likeness (QED) is 0.603. The molecule has 1 fully saturated rings. The summed E-state index contributed by atoms with van der Waals surface area (Å²) < 4.78 is 0. The van der Waals surface area contributed by atoms with E-state index in [1.54, 1.807) is 0 Å². The number of terminal acetylenes is 1. The highest BCUT2D eigenvalue weighted by atomic mass is 16.2. The fourth-order valence-corrected chi connectivity index (χ4v) is 1.23. The van der Waals surface area contributed by atoms with E-state index >= 15 is 0 Å². The average Bonchev–Trinajstić information content (AvgIpc) is 2.00. The molecule has 1 aliphatic rings. The molecule has 3 nitrogen and oxygen atoms in total. The van der Waals surface area contributed by atoms with E-state index in [4.69, 9.17) is 6.42 Å². The van der Waals surface area contributed by atoms with Crippen LogP contribution in [0.3, 0.4) is 0 Å². The predicted octanol–water partition coefficient (Wildman–Crippen LogP) is 0.124. The van der Waals surface area contributed by atoms with Crippen LogP contribution in [-0.4, -0.2) is 25.0 Å². The highest BCUT2D eigenvalue weighted by Crippen LogP contribution is 2.04. The van der Waals surface area contributed by atoms with E-state index in [0.29, 0.717) is 6.42 Å². The number of amides is 1. The number of nitrogens with one attached hydrogen (secondary N) is 2. The summed E-state index contributed by atoms with van der Waals surface area (Å²) in [5.41, 5.74) is 0. The fraction of sp³-hybridized carbons (Fsp3) is 0.700. The van der Waals surface area contributed by atoms with Crippen LogP contribution < -0.4 is 10.6 Å². The third-order valence-electron chi connectivity index (χ3n) is 2.36. The molecule has 0 aromatic carbocycles. The Hall–Kier alpha value is -1.01. The zero-order valence-electron chi connectivity index (χ0n) is 7.97. The van der Waals surface area contributed by atoms with E-state index < -0.39 is 0 Å². The smallest absolute Gasteiger partial charge is 0.225 e. The maximum Gasteiger partial charge on any atom is 0.225 e. The number of hydrogen-bond donors (Lipinski definition) is 2. The van der Waals surface area contributed by atoms with Gasteiger partial charge in [0.2, 0.25) is 5.91 Å². The molecule has 1 unspecified atom stereocenters. The van der Waals surface area contributed by atoms with Gasteiger partial charge in [-0.25, -0.2) is 0 Å². The Labute approximate surface area is 79.3 Å². The first-order valence-electron chi connectivity index (χ1n) is 4.72. The van der Waals surface area contributed by atoms with Gasteiger partial charge in [-0.1, -0.05) is 6.92 Å². The first kappa shape index (κ1) is 10.1. The van der Waals surface area contributed by atoms with Gasteiger partial charge in [0.1, 0.15) is 0 Å². The van der Waals surface area contributed by atoms with Crippen molar-refractivity contribution >= 4 is 5.91 Å². The number of carbonyl (C=O) groups excluding carboxylic acids is 1. The minimum absolute atomic E-state index is 0.140. The van der Waals surface area contributed by atoms with Crippen molar-refractivity contribution in [2.45, 2.75) is 25.8 Å². The molecule has 0 aromatic rings. The van der Waals surface area contributed by atoms with Crippen LogP contribution in [0.5, 0.6) is 0 Å². The third kappa shape index (κ3) is 2.74. The Kier molecular flexibility index (Phi) is 3.78. The van der Waals surface area contributed by atoms with Crippen molar-refractivity contribution in [1.82, 2.24) is 10.6 Å². The lowest BCUT2D eigenvalue weighted by Crippen LogP contribution is -2.52. The van der Waals surface area contributed by atoms with E-state index in [1.807, 2.05) is 6.92 Å². The lowest BCUT2D eigenvalue weighted by atomic mass is 10.0. The summed E-state index contributed by atoms with van der Waals surface area (Å²) in [5.74, 6) is 2.87. The van der Waals surface area contributed by atoms with E-state index in [9.17, 15) is 4.79 Å². The van der Waals surface area contributed by atoms with Crippen LogP contribution in [0, 0.1) is 18.3 Å². The number of carbonyl (C=O) groups is 1. The molecule has 1 rings (SSSR count). The normalized spacial score (nSPS) is 18.5. The summed E-state index contributed by atoms with van der Waals surface area (Å²) in [4.78, 5) is 11.4. The second-order valence-electron chi connectivity index (χ2n) is 3.38. The molecular formula is C10H16N2O. The molecule has 0 bridgehead atoms. The first-order valence-corrected chi connectivity index (χ1v) is 4.72.